The Morgan fingerprint density at radius 2 is 1.27 bits per heavy atom. The van der Waals surface area contributed by atoms with E-state index in [1.807, 2.05) is 0 Å². The maximum atomic E-state index is 13.2. The molecule has 0 heterocycles. The number of hydrogen-bond acceptors (Lipinski definition) is 2. The van der Waals surface area contributed by atoms with Crippen LogP contribution < -0.4 is 10.1 Å². The van der Waals surface area contributed by atoms with Crippen LogP contribution in [-0.2, 0) is 4.79 Å². The number of carbonyl (C=O) groups excluding carboxylic acids is 1. The highest BCUT2D eigenvalue weighted by molar-refractivity contribution is 5.97. The Bertz CT molecular complexity index is 758. The van der Waals surface area contributed by atoms with Gasteiger partial charge in [0.25, 0.3) is 0 Å². The number of nitrogens with one attached hydrogen (secondary N) is 1. The van der Waals surface area contributed by atoms with E-state index in [4.69, 9.17) is 4.74 Å². The van der Waals surface area contributed by atoms with Crippen molar-refractivity contribution in [3.05, 3.63) is 54.6 Å². The molecule has 0 fully saturated rings. The largest absolute Gasteiger partial charge is 0.460 e. The zero-order chi connectivity index (χ0) is 19.6. The number of carbonyl (C=O) groups is 1. The van der Waals surface area contributed by atoms with Gasteiger partial charge in [-0.05, 0) is 36.4 Å². The van der Waals surface area contributed by atoms with Gasteiger partial charge in [0, 0.05) is 5.69 Å². The van der Waals surface area contributed by atoms with Crippen molar-refractivity contribution in [3.63, 3.8) is 0 Å². The number of amides is 1. The molecule has 1 N–H and O–H groups in total. The molecule has 0 spiro atoms. The van der Waals surface area contributed by atoms with E-state index in [1.54, 1.807) is 30.3 Å². The van der Waals surface area contributed by atoms with Gasteiger partial charge in [-0.1, -0.05) is 18.2 Å². The molecule has 140 valence electrons. The Labute approximate surface area is 142 Å². The molecule has 0 aliphatic heterocycles. The predicted molar refractivity (Wildman–Crippen MR) is 77.5 cm³/mol. The zero-order valence-corrected chi connectivity index (χ0v) is 12.7. The lowest BCUT2D eigenvalue weighted by Gasteiger charge is -2.27. The van der Waals surface area contributed by atoms with Crippen molar-refractivity contribution in [2.24, 2.45) is 0 Å². The number of halogens is 7. The van der Waals surface area contributed by atoms with Crippen LogP contribution in [0, 0.1) is 0 Å². The molecular formula is C16H10F7NO2. The number of alkyl halides is 7. The number of para-hydroxylation sites is 1. The summed E-state index contributed by atoms with van der Waals surface area (Å²) in [6.45, 7) is 0. The van der Waals surface area contributed by atoms with Crippen LogP contribution in [0.3, 0.4) is 0 Å². The third-order valence-corrected chi connectivity index (χ3v) is 3.13. The molecule has 26 heavy (non-hydrogen) atoms. The topological polar surface area (TPSA) is 38.3 Å². The van der Waals surface area contributed by atoms with Crippen molar-refractivity contribution in [2.75, 3.05) is 5.32 Å². The average molecular weight is 381 g/mol. The first-order valence-corrected chi connectivity index (χ1v) is 6.92. The van der Waals surface area contributed by atoms with E-state index in [0.29, 0.717) is 5.75 Å². The molecule has 2 rings (SSSR count). The molecule has 3 nitrogen and oxygen atoms in total. The van der Waals surface area contributed by atoms with Crippen molar-refractivity contribution in [1.29, 1.82) is 0 Å². The van der Waals surface area contributed by atoms with Crippen molar-refractivity contribution in [1.82, 2.24) is 0 Å². The molecule has 1 amide bonds. The number of anilines is 1. The van der Waals surface area contributed by atoms with E-state index >= 15 is 0 Å². The number of hydrogen-bond donors (Lipinski definition) is 1. The number of ether oxygens (including phenoxy) is 1. The van der Waals surface area contributed by atoms with Gasteiger partial charge in [-0.2, -0.15) is 30.7 Å². The van der Waals surface area contributed by atoms with E-state index in [0.717, 1.165) is 12.1 Å². The minimum absolute atomic E-state index is 0.224. The second kappa shape index (κ2) is 6.85. The zero-order valence-electron chi connectivity index (χ0n) is 12.7. The molecule has 0 atom stereocenters. The maximum Gasteiger partial charge on any atom is 0.460 e. The Hall–Kier alpha value is -2.78. The summed E-state index contributed by atoms with van der Waals surface area (Å²) in [7, 11) is 0. The number of benzene rings is 2. The summed E-state index contributed by atoms with van der Waals surface area (Å²) in [5.41, 5.74) is -0.409. The summed E-state index contributed by atoms with van der Waals surface area (Å²) in [6.07, 6.45) is -6.58. The van der Waals surface area contributed by atoms with Crippen molar-refractivity contribution >= 4 is 11.6 Å². The summed E-state index contributed by atoms with van der Waals surface area (Å²) in [5, 5.41) is 1.33. The third-order valence-electron chi connectivity index (χ3n) is 3.13. The molecule has 0 aliphatic carbocycles. The first-order chi connectivity index (χ1) is 11.9. The van der Waals surface area contributed by atoms with Crippen LogP contribution in [0.4, 0.5) is 36.4 Å². The highest BCUT2D eigenvalue weighted by Gasteiger charge is 2.76. The van der Waals surface area contributed by atoms with Gasteiger partial charge in [-0.25, -0.2) is 0 Å². The predicted octanol–water partition coefficient (Wildman–Crippen LogP) is 5.25. The van der Waals surface area contributed by atoms with Gasteiger partial charge in [-0.15, -0.1) is 0 Å². The van der Waals surface area contributed by atoms with E-state index in [2.05, 4.69) is 0 Å². The van der Waals surface area contributed by atoms with Crippen LogP contribution in [0.15, 0.2) is 54.6 Å². The first-order valence-electron chi connectivity index (χ1n) is 6.92. The second-order valence-electron chi connectivity index (χ2n) is 5.04. The van der Waals surface area contributed by atoms with Crippen LogP contribution in [0.2, 0.25) is 0 Å². The average Bonchev–Trinajstić information content (AvgIpc) is 2.56. The SMILES string of the molecule is O=C(Nc1ccc(Oc2ccccc2)cc1)C(F)(F)C(F)(F)C(F)(F)F. The van der Waals surface area contributed by atoms with Gasteiger partial charge < -0.3 is 10.1 Å². The summed E-state index contributed by atoms with van der Waals surface area (Å²) in [5.74, 6) is -14.6. The lowest BCUT2D eigenvalue weighted by molar-refractivity contribution is -0.343. The van der Waals surface area contributed by atoms with Crippen molar-refractivity contribution in [3.8, 4) is 11.5 Å². The summed E-state index contributed by atoms with van der Waals surface area (Å²) in [6, 6.07) is 12.8. The standard InChI is InChI=1S/C16H10F7NO2/c17-14(18,15(19,20)16(21,22)23)13(25)24-10-6-8-12(9-7-10)26-11-4-2-1-3-5-11/h1-9H,(H,24,25). The quantitative estimate of drug-likeness (QED) is 0.719. The lowest BCUT2D eigenvalue weighted by Crippen LogP contribution is -2.57. The highest BCUT2D eigenvalue weighted by Crippen LogP contribution is 2.46. The summed E-state index contributed by atoms with van der Waals surface area (Å²) >= 11 is 0. The molecule has 2 aromatic rings. The van der Waals surface area contributed by atoms with Crippen LogP contribution in [0.1, 0.15) is 0 Å². The highest BCUT2D eigenvalue weighted by atomic mass is 19.4. The molecule has 0 saturated heterocycles. The second-order valence-corrected chi connectivity index (χ2v) is 5.04. The molecule has 0 aromatic heterocycles. The van der Waals surface area contributed by atoms with E-state index in [1.165, 1.54) is 17.4 Å². The lowest BCUT2D eigenvalue weighted by atomic mass is 10.1. The minimum Gasteiger partial charge on any atom is -0.457 e. The summed E-state index contributed by atoms with van der Waals surface area (Å²) < 4.78 is 93.7. The summed E-state index contributed by atoms with van der Waals surface area (Å²) in [4.78, 5) is 11.2. The van der Waals surface area contributed by atoms with Crippen LogP contribution >= 0.6 is 0 Å². The Morgan fingerprint density at radius 3 is 1.77 bits per heavy atom. The van der Waals surface area contributed by atoms with Crippen molar-refractivity contribution < 1.29 is 40.3 Å². The van der Waals surface area contributed by atoms with Gasteiger partial charge in [0.1, 0.15) is 11.5 Å². The molecule has 0 unspecified atom stereocenters. The number of rotatable bonds is 5. The fourth-order valence-electron chi connectivity index (χ4n) is 1.76. The van der Waals surface area contributed by atoms with E-state index in [-0.39, 0.29) is 5.75 Å². The smallest absolute Gasteiger partial charge is 0.457 e. The molecule has 10 heteroatoms. The Kier molecular flexibility index (Phi) is 5.15. The maximum absolute atomic E-state index is 13.2. The Balaban J connectivity index is 2.10. The van der Waals surface area contributed by atoms with Crippen LogP contribution in [0.5, 0.6) is 11.5 Å². The molecular weight excluding hydrogens is 371 g/mol. The fraction of sp³-hybridized carbons (Fsp3) is 0.188. The normalized spacial score (nSPS) is 12.6. The van der Waals surface area contributed by atoms with Gasteiger partial charge in [-0.3, -0.25) is 4.79 Å². The van der Waals surface area contributed by atoms with E-state index in [9.17, 15) is 35.5 Å². The first kappa shape index (κ1) is 19.5. The monoisotopic (exact) mass is 381 g/mol. The van der Waals surface area contributed by atoms with E-state index < -0.39 is 29.6 Å². The van der Waals surface area contributed by atoms with Gasteiger partial charge in [0.15, 0.2) is 0 Å². The molecule has 0 bridgehead atoms. The fourth-order valence-corrected chi connectivity index (χ4v) is 1.76. The van der Waals surface area contributed by atoms with Crippen molar-refractivity contribution in [2.45, 2.75) is 18.0 Å². The van der Waals surface area contributed by atoms with Crippen LogP contribution in [-0.4, -0.2) is 23.9 Å². The third kappa shape index (κ3) is 3.89. The Morgan fingerprint density at radius 1 is 0.769 bits per heavy atom. The molecule has 0 aliphatic rings. The minimum atomic E-state index is -6.58. The molecule has 0 saturated carbocycles. The van der Waals surface area contributed by atoms with Gasteiger partial charge in [0.2, 0.25) is 0 Å². The van der Waals surface area contributed by atoms with Gasteiger partial charge in [0.05, 0.1) is 0 Å². The van der Waals surface area contributed by atoms with Crippen LogP contribution in [0.25, 0.3) is 0 Å². The van der Waals surface area contributed by atoms with Gasteiger partial charge >= 0.3 is 23.9 Å². The molecule has 0 radical (unpaired) electrons. The molecule has 2 aromatic carbocycles.